The topological polar surface area (TPSA) is 58.6 Å². The lowest BCUT2D eigenvalue weighted by Gasteiger charge is -2.49. The highest BCUT2D eigenvalue weighted by Gasteiger charge is 2.54. The number of rotatable bonds is 6. The van der Waals surface area contributed by atoms with Crippen LogP contribution in [-0.2, 0) is 14.3 Å². The number of thioether (sulfide) groups is 1. The first-order chi connectivity index (χ1) is 14.5. The molecule has 1 amide bonds. The molecule has 30 heavy (non-hydrogen) atoms. The van der Waals surface area contributed by atoms with Crippen LogP contribution in [0.5, 0.6) is 0 Å². The van der Waals surface area contributed by atoms with Crippen molar-refractivity contribution in [3.05, 3.63) is 83.1 Å². The fourth-order valence-corrected chi connectivity index (χ4v) is 6.14. The van der Waals surface area contributed by atoms with Crippen LogP contribution in [0.2, 0.25) is 0 Å². The molecule has 2 aromatic carbocycles. The van der Waals surface area contributed by atoms with Crippen LogP contribution in [0.4, 0.5) is 0 Å². The van der Waals surface area contributed by atoms with Gasteiger partial charge in [-0.25, -0.2) is 4.79 Å². The van der Waals surface area contributed by atoms with Crippen LogP contribution in [0.15, 0.2) is 71.9 Å². The van der Waals surface area contributed by atoms with E-state index in [1.807, 2.05) is 67.6 Å². The zero-order valence-electron chi connectivity index (χ0n) is 17.3. The van der Waals surface area contributed by atoms with Crippen molar-refractivity contribution in [2.24, 2.45) is 0 Å². The SMILES string of the molecule is CC1=C(C(=O)OC(c2ccccc2)c2ccccc2)N2C(=O)[C@@H](N[PH+](C)C)[C@@H]2SC1. The summed E-state index contributed by atoms with van der Waals surface area (Å²) < 4.78 is 6.04. The molecule has 156 valence electrons. The number of carbonyl (C=O) groups is 2. The van der Waals surface area contributed by atoms with Gasteiger partial charge in [0.1, 0.15) is 11.1 Å². The van der Waals surface area contributed by atoms with Crippen LogP contribution < -0.4 is 5.09 Å². The molecule has 2 heterocycles. The molecule has 0 radical (unpaired) electrons. The molecule has 0 aromatic heterocycles. The van der Waals surface area contributed by atoms with Crippen molar-refractivity contribution in [1.29, 1.82) is 0 Å². The third-order valence-electron chi connectivity index (χ3n) is 5.23. The molecule has 0 bridgehead atoms. The fourth-order valence-electron chi connectivity index (χ4n) is 3.82. The highest BCUT2D eigenvalue weighted by molar-refractivity contribution is 8.00. The Bertz CT molecular complexity index is 925. The van der Waals surface area contributed by atoms with Crippen LogP contribution in [0, 0.1) is 0 Å². The van der Waals surface area contributed by atoms with Crippen LogP contribution in [0.3, 0.4) is 0 Å². The summed E-state index contributed by atoms with van der Waals surface area (Å²) in [5, 5.41) is 3.36. The summed E-state index contributed by atoms with van der Waals surface area (Å²) in [6.07, 6.45) is -0.528. The van der Waals surface area contributed by atoms with E-state index in [-0.39, 0.29) is 17.3 Å². The molecule has 7 heteroatoms. The Morgan fingerprint density at radius 1 is 1.10 bits per heavy atom. The largest absolute Gasteiger partial charge is 0.448 e. The lowest BCUT2D eigenvalue weighted by molar-refractivity contribution is -0.153. The summed E-state index contributed by atoms with van der Waals surface area (Å²) in [6, 6.07) is 19.2. The number of β-lactam (4-membered cyclic amide) rings is 1. The Morgan fingerprint density at radius 3 is 2.20 bits per heavy atom. The number of fused-ring (bicyclic) bond motifs is 1. The molecule has 2 aromatic rings. The van der Waals surface area contributed by atoms with Crippen LogP contribution in [-0.4, -0.2) is 47.3 Å². The van der Waals surface area contributed by atoms with E-state index < -0.39 is 20.1 Å². The Balaban J connectivity index is 1.60. The molecule has 0 saturated carbocycles. The average Bonchev–Trinajstić information content (AvgIpc) is 2.76. The van der Waals surface area contributed by atoms with Gasteiger partial charge in [-0.05, 0) is 23.6 Å². The molecular weight excluding hydrogens is 415 g/mol. The highest BCUT2D eigenvalue weighted by atomic mass is 32.2. The van der Waals surface area contributed by atoms with E-state index in [1.54, 1.807) is 16.7 Å². The number of carbonyl (C=O) groups excluding carboxylic acids is 2. The van der Waals surface area contributed by atoms with Gasteiger partial charge in [0.2, 0.25) is 0 Å². The fraction of sp³-hybridized carbons (Fsp3) is 0.304. The Labute approximate surface area is 182 Å². The number of hydrogen-bond acceptors (Lipinski definition) is 5. The lowest BCUT2D eigenvalue weighted by atomic mass is 10.0. The van der Waals surface area contributed by atoms with Gasteiger partial charge in [0.15, 0.2) is 12.1 Å². The average molecular weight is 442 g/mol. The van der Waals surface area contributed by atoms with Gasteiger partial charge in [0, 0.05) is 5.75 Å². The maximum Gasteiger partial charge on any atom is 0.356 e. The predicted molar refractivity (Wildman–Crippen MR) is 124 cm³/mol. The minimum absolute atomic E-state index is 0.0410. The molecule has 0 spiro atoms. The minimum Gasteiger partial charge on any atom is -0.448 e. The van der Waals surface area contributed by atoms with Gasteiger partial charge in [-0.2, -0.15) is 5.09 Å². The van der Waals surface area contributed by atoms with Crippen molar-refractivity contribution in [2.75, 3.05) is 19.1 Å². The summed E-state index contributed by atoms with van der Waals surface area (Å²) >= 11 is 1.70. The van der Waals surface area contributed by atoms with Gasteiger partial charge in [-0.15, -0.1) is 11.8 Å². The molecule has 1 fully saturated rings. The molecule has 1 N–H and O–H groups in total. The third kappa shape index (κ3) is 4.04. The number of hydrogen-bond donors (Lipinski definition) is 1. The molecule has 2 aliphatic heterocycles. The lowest BCUT2D eigenvalue weighted by Crippen LogP contribution is -2.68. The Morgan fingerprint density at radius 2 is 1.67 bits per heavy atom. The number of nitrogens with zero attached hydrogens (tertiary/aromatic N) is 1. The smallest absolute Gasteiger partial charge is 0.356 e. The van der Waals surface area contributed by atoms with E-state index in [2.05, 4.69) is 18.4 Å². The quantitative estimate of drug-likeness (QED) is 0.419. The summed E-state index contributed by atoms with van der Waals surface area (Å²) in [7, 11) is -0.760. The normalized spacial score (nSPS) is 21.0. The maximum absolute atomic E-state index is 13.3. The van der Waals surface area contributed by atoms with E-state index in [9.17, 15) is 9.59 Å². The molecule has 0 aliphatic carbocycles. The number of nitrogens with one attached hydrogen (secondary N) is 1. The molecule has 5 nitrogen and oxygen atoms in total. The molecule has 2 aliphatic rings. The molecule has 1 saturated heterocycles. The van der Waals surface area contributed by atoms with Crippen molar-refractivity contribution >= 4 is 31.7 Å². The molecule has 2 atom stereocenters. The Hall–Kier alpha value is -2.14. The predicted octanol–water partition coefficient (Wildman–Crippen LogP) is 3.86. The standard InChI is InChI=1S/C23H25N2O3PS/c1-15-14-30-22-18(24-29(2)3)21(26)25(22)19(15)23(27)28-20(16-10-6-4-7-11-16)17-12-8-5-9-13-17/h4-13,18,20,22,24H,14H2,1-3H3/p+1/t18-,22+/m1/s1. The summed E-state index contributed by atoms with van der Waals surface area (Å²) in [5.41, 5.74) is 3.08. The van der Waals surface area contributed by atoms with Gasteiger partial charge in [0.05, 0.1) is 21.4 Å². The first-order valence-electron chi connectivity index (χ1n) is 9.99. The first-order valence-corrected chi connectivity index (χ1v) is 13.5. The monoisotopic (exact) mass is 441 g/mol. The zero-order chi connectivity index (χ0) is 21.3. The van der Waals surface area contributed by atoms with E-state index in [0.717, 1.165) is 16.7 Å². The zero-order valence-corrected chi connectivity index (χ0v) is 19.1. The van der Waals surface area contributed by atoms with E-state index >= 15 is 0 Å². The van der Waals surface area contributed by atoms with Gasteiger partial charge < -0.3 is 4.74 Å². The molecule has 0 unspecified atom stereocenters. The molecule has 4 rings (SSSR count). The van der Waals surface area contributed by atoms with Crippen LogP contribution >= 0.6 is 19.8 Å². The second-order valence-corrected chi connectivity index (χ2v) is 11.2. The summed E-state index contributed by atoms with van der Waals surface area (Å²) in [6.45, 7) is 6.14. The van der Waals surface area contributed by atoms with Gasteiger partial charge in [-0.1, -0.05) is 60.7 Å². The molecular formula is C23H26N2O3PS+. The van der Waals surface area contributed by atoms with Crippen LogP contribution in [0.25, 0.3) is 0 Å². The second-order valence-electron chi connectivity index (χ2n) is 7.77. The van der Waals surface area contributed by atoms with Gasteiger partial charge >= 0.3 is 5.97 Å². The van der Waals surface area contributed by atoms with Crippen molar-refractivity contribution in [3.8, 4) is 0 Å². The van der Waals surface area contributed by atoms with Crippen molar-refractivity contribution in [1.82, 2.24) is 9.99 Å². The van der Waals surface area contributed by atoms with Gasteiger partial charge in [0.25, 0.3) is 5.91 Å². The number of ether oxygens (including phenoxy) is 1. The van der Waals surface area contributed by atoms with Crippen LogP contribution in [0.1, 0.15) is 24.2 Å². The van der Waals surface area contributed by atoms with Gasteiger partial charge in [-0.3, -0.25) is 9.69 Å². The number of benzene rings is 2. The first kappa shape index (κ1) is 21.1. The maximum atomic E-state index is 13.3. The third-order valence-corrected chi connectivity index (χ3v) is 7.54. The van der Waals surface area contributed by atoms with Crippen molar-refractivity contribution < 1.29 is 14.3 Å². The number of esters is 1. The number of amides is 1. The van der Waals surface area contributed by atoms with E-state index in [4.69, 9.17) is 4.74 Å². The van der Waals surface area contributed by atoms with E-state index in [0.29, 0.717) is 11.4 Å². The summed E-state index contributed by atoms with van der Waals surface area (Å²) in [5.74, 6) is 0.231. The Kier molecular flexibility index (Phi) is 6.28. The minimum atomic E-state index is -0.760. The highest BCUT2D eigenvalue weighted by Crippen LogP contribution is 2.43. The van der Waals surface area contributed by atoms with Crippen molar-refractivity contribution in [3.63, 3.8) is 0 Å². The second kappa shape index (κ2) is 8.93. The van der Waals surface area contributed by atoms with Crippen molar-refractivity contribution in [2.45, 2.75) is 24.4 Å². The summed E-state index contributed by atoms with van der Waals surface area (Å²) in [4.78, 5) is 27.8. The van der Waals surface area contributed by atoms with E-state index in [1.165, 1.54) is 0 Å².